The molecule has 1 fully saturated rings. The average molecular weight is 220 g/mol. The van der Waals surface area contributed by atoms with Crippen molar-refractivity contribution in [2.45, 2.75) is 32.8 Å². The molecule has 1 saturated heterocycles. The third kappa shape index (κ3) is 2.53. The molecular formula is C13H20N2O. The van der Waals surface area contributed by atoms with E-state index in [0.717, 1.165) is 24.7 Å². The minimum Gasteiger partial charge on any atom is -0.387 e. The van der Waals surface area contributed by atoms with Crippen LogP contribution in [0.15, 0.2) is 18.3 Å². The van der Waals surface area contributed by atoms with Crippen LogP contribution in [0, 0.1) is 5.92 Å². The Kier molecular flexibility index (Phi) is 3.44. The first-order valence-corrected chi connectivity index (χ1v) is 6.06. The molecule has 1 aliphatic rings. The van der Waals surface area contributed by atoms with Gasteiger partial charge in [0.15, 0.2) is 0 Å². The summed E-state index contributed by atoms with van der Waals surface area (Å²) in [5, 5.41) is 9.38. The number of aromatic nitrogens is 1. The van der Waals surface area contributed by atoms with Crippen LogP contribution in [-0.2, 0) is 0 Å². The summed E-state index contributed by atoms with van der Waals surface area (Å²) >= 11 is 0. The molecule has 1 aromatic heterocycles. The Morgan fingerprint density at radius 2 is 2.06 bits per heavy atom. The second-order valence-electron chi connectivity index (χ2n) is 4.79. The van der Waals surface area contributed by atoms with Crippen LogP contribution in [0.4, 0.5) is 5.69 Å². The van der Waals surface area contributed by atoms with Gasteiger partial charge >= 0.3 is 0 Å². The number of aliphatic hydroxyl groups excluding tert-OH is 1. The van der Waals surface area contributed by atoms with Gasteiger partial charge in [0.25, 0.3) is 0 Å². The maximum atomic E-state index is 9.38. The van der Waals surface area contributed by atoms with Crippen LogP contribution in [0.2, 0.25) is 0 Å². The van der Waals surface area contributed by atoms with E-state index in [1.54, 1.807) is 6.92 Å². The first-order chi connectivity index (χ1) is 7.66. The van der Waals surface area contributed by atoms with Crippen LogP contribution in [0.1, 0.15) is 38.5 Å². The third-order valence-electron chi connectivity index (χ3n) is 3.35. The lowest BCUT2D eigenvalue weighted by Gasteiger charge is -2.31. The van der Waals surface area contributed by atoms with E-state index in [1.165, 1.54) is 18.5 Å². The first kappa shape index (κ1) is 11.4. The van der Waals surface area contributed by atoms with Gasteiger partial charge in [0.2, 0.25) is 0 Å². The van der Waals surface area contributed by atoms with Gasteiger partial charge in [-0.3, -0.25) is 4.98 Å². The SMILES string of the molecule is CC1CCN(c2ccc(C(C)O)nc2)CC1. The highest BCUT2D eigenvalue weighted by molar-refractivity contribution is 5.45. The van der Waals surface area contributed by atoms with E-state index in [1.807, 2.05) is 12.3 Å². The fraction of sp³-hybridized carbons (Fsp3) is 0.615. The van der Waals surface area contributed by atoms with Crippen molar-refractivity contribution in [1.29, 1.82) is 0 Å². The highest BCUT2D eigenvalue weighted by Crippen LogP contribution is 2.23. The van der Waals surface area contributed by atoms with E-state index < -0.39 is 6.10 Å². The molecule has 3 nitrogen and oxygen atoms in total. The van der Waals surface area contributed by atoms with Crippen molar-refractivity contribution in [3.8, 4) is 0 Å². The highest BCUT2D eigenvalue weighted by Gasteiger charge is 2.16. The number of piperidine rings is 1. The van der Waals surface area contributed by atoms with Crippen molar-refractivity contribution < 1.29 is 5.11 Å². The Morgan fingerprint density at radius 3 is 2.56 bits per heavy atom. The molecule has 0 aliphatic carbocycles. The van der Waals surface area contributed by atoms with Gasteiger partial charge in [-0.05, 0) is 37.8 Å². The molecule has 0 radical (unpaired) electrons. The van der Waals surface area contributed by atoms with Gasteiger partial charge in [0, 0.05) is 13.1 Å². The maximum absolute atomic E-state index is 9.38. The van der Waals surface area contributed by atoms with Gasteiger partial charge in [0.05, 0.1) is 23.7 Å². The smallest absolute Gasteiger partial charge is 0.0931 e. The highest BCUT2D eigenvalue weighted by atomic mass is 16.3. The molecule has 0 amide bonds. The largest absolute Gasteiger partial charge is 0.387 e. The van der Waals surface area contributed by atoms with E-state index in [0.29, 0.717) is 0 Å². The number of anilines is 1. The van der Waals surface area contributed by atoms with Crippen LogP contribution < -0.4 is 4.90 Å². The van der Waals surface area contributed by atoms with Gasteiger partial charge < -0.3 is 10.0 Å². The lowest BCUT2D eigenvalue weighted by Crippen LogP contribution is -2.32. The molecule has 2 heterocycles. The average Bonchev–Trinajstić information content (AvgIpc) is 2.30. The third-order valence-corrected chi connectivity index (χ3v) is 3.35. The molecule has 0 bridgehead atoms. The fourth-order valence-electron chi connectivity index (χ4n) is 2.10. The van der Waals surface area contributed by atoms with E-state index in [-0.39, 0.29) is 0 Å². The molecule has 0 saturated carbocycles. The Hall–Kier alpha value is -1.09. The molecule has 1 atom stereocenters. The van der Waals surface area contributed by atoms with E-state index in [9.17, 15) is 5.11 Å². The lowest BCUT2D eigenvalue weighted by atomic mass is 9.99. The number of nitrogens with zero attached hydrogens (tertiary/aromatic N) is 2. The Labute approximate surface area is 97.1 Å². The minimum absolute atomic E-state index is 0.476. The van der Waals surface area contributed by atoms with Crippen LogP contribution in [0.5, 0.6) is 0 Å². The number of rotatable bonds is 2. The molecule has 2 rings (SSSR count). The summed E-state index contributed by atoms with van der Waals surface area (Å²) in [6.45, 7) is 6.30. The molecule has 16 heavy (non-hydrogen) atoms. The van der Waals surface area contributed by atoms with Crippen molar-refractivity contribution in [2.24, 2.45) is 5.92 Å². The van der Waals surface area contributed by atoms with Crippen LogP contribution in [0.25, 0.3) is 0 Å². The summed E-state index contributed by atoms with van der Waals surface area (Å²) in [6, 6.07) is 3.98. The Balaban J connectivity index is 2.04. The Bertz CT molecular complexity index is 326. The zero-order valence-corrected chi connectivity index (χ0v) is 10.1. The zero-order valence-electron chi connectivity index (χ0n) is 10.1. The number of aliphatic hydroxyl groups is 1. The van der Waals surface area contributed by atoms with E-state index in [2.05, 4.69) is 22.9 Å². The van der Waals surface area contributed by atoms with Gasteiger partial charge in [-0.1, -0.05) is 6.92 Å². The van der Waals surface area contributed by atoms with Crippen molar-refractivity contribution in [3.05, 3.63) is 24.0 Å². The van der Waals surface area contributed by atoms with Crippen LogP contribution >= 0.6 is 0 Å². The molecular weight excluding hydrogens is 200 g/mol. The predicted octanol–water partition coefficient (Wildman–Crippen LogP) is 2.37. The van der Waals surface area contributed by atoms with Gasteiger partial charge in [-0.15, -0.1) is 0 Å². The summed E-state index contributed by atoms with van der Waals surface area (Å²) in [6.07, 6.45) is 3.92. The van der Waals surface area contributed by atoms with Crippen molar-refractivity contribution >= 4 is 5.69 Å². The number of pyridine rings is 1. The number of hydrogen-bond donors (Lipinski definition) is 1. The van der Waals surface area contributed by atoms with Crippen LogP contribution in [-0.4, -0.2) is 23.2 Å². The standard InChI is InChI=1S/C13H20N2O/c1-10-5-7-15(8-6-10)12-3-4-13(11(2)16)14-9-12/h3-4,9-11,16H,5-8H2,1-2H3. The molecule has 1 N–H and O–H groups in total. The molecule has 1 aromatic rings. The zero-order chi connectivity index (χ0) is 11.5. The lowest BCUT2D eigenvalue weighted by molar-refractivity contribution is 0.194. The summed E-state index contributed by atoms with van der Waals surface area (Å²) in [7, 11) is 0. The normalized spacial score (nSPS) is 19.8. The summed E-state index contributed by atoms with van der Waals surface area (Å²) in [5.41, 5.74) is 1.92. The quantitative estimate of drug-likeness (QED) is 0.831. The molecule has 3 heteroatoms. The van der Waals surface area contributed by atoms with Gasteiger partial charge in [0.1, 0.15) is 0 Å². The van der Waals surface area contributed by atoms with Gasteiger partial charge in [-0.25, -0.2) is 0 Å². The predicted molar refractivity (Wildman–Crippen MR) is 65.5 cm³/mol. The molecule has 0 spiro atoms. The second-order valence-corrected chi connectivity index (χ2v) is 4.79. The summed E-state index contributed by atoms with van der Waals surface area (Å²) < 4.78 is 0. The Morgan fingerprint density at radius 1 is 1.38 bits per heavy atom. The molecule has 0 aromatic carbocycles. The van der Waals surface area contributed by atoms with Crippen LogP contribution in [0.3, 0.4) is 0 Å². The maximum Gasteiger partial charge on any atom is 0.0931 e. The number of hydrogen-bond acceptors (Lipinski definition) is 3. The molecule has 1 unspecified atom stereocenters. The minimum atomic E-state index is -0.476. The topological polar surface area (TPSA) is 36.4 Å². The van der Waals surface area contributed by atoms with E-state index in [4.69, 9.17) is 0 Å². The summed E-state index contributed by atoms with van der Waals surface area (Å²) in [5.74, 6) is 0.848. The molecule has 1 aliphatic heterocycles. The first-order valence-electron chi connectivity index (χ1n) is 6.06. The van der Waals surface area contributed by atoms with Crippen molar-refractivity contribution in [2.75, 3.05) is 18.0 Å². The van der Waals surface area contributed by atoms with Crippen molar-refractivity contribution in [1.82, 2.24) is 4.98 Å². The van der Waals surface area contributed by atoms with Crippen molar-refractivity contribution in [3.63, 3.8) is 0 Å². The monoisotopic (exact) mass is 220 g/mol. The fourth-order valence-corrected chi connectivity index (χ4v) is 2.10. The second kappa shape index (κ2) is 4.83. The molecule has 88 valence electrons. The van der Waals surface area contributed by atoms with E-state index >= 15 is 0 Å². The summed E-state index contributed by atoms with van der Waals surface area (Å²) in [4.78, 5) is 6.65. The van der Waals surface area contributed by atoms with Gasteiger partial charge in [-0.2, -0.15) is 0 Å².